The van der Waals surface area contributed by atoms with Crippen molar-refractivity contribution in [3.63, 3.8) is 0 Å². The number of para-hydroxylation sites is 2. The van der Waals surface area contributed by atoms with E-state index >= 15 is 0 Å². The predicted molar refractivity (Wildman–Crippen MR) is 78.7 cm³/mol. The molecule has 1 heterocycles. The number of anilines is 2. The van der Waals surface area contributed by atoms with Crippen LogP contribution in [-0.4, -0.2) is 49.9 Å². The minimum absolute atomic E-state index is 0.00498. The molecule has 0 saturated heterocycles. The third-order valence-electron chi connectivity index (χ3n) is 3.21. The quantitative estimate of drug-likeness (QED) is 0.748. The molecule has 0 aliphatic carbocycles. The first-order valence-corrected chi connectivity index (χ1v) is 6.65. The summed E-state index contributed by atoms with van der Waals surface area (Å²) in [5.74, 6) is -0.0936. The number of nitrogens with zero attached hydrogens (tertiary/aromatic N) is 1. The van der Waals surface area contributed by atoms with Crippen molar-refractivity contribution in [3.8, 4) is 0 Å². The van der Waals surface area contributed by atoms with Crippen LogP contribution < -0.4 is 16.0 Å². The van der Waals surface area contributed by atoms with E-state index < -0.39 is 0 Å². The zero-order valence-electron chi connectivity index (χ0n) is 11.8. The molecule has 2 amide bonds. The molecule has 0 saturated carbocycles. The van der Waals surface area contributed by atoms with E-state index in [0.717, 1.165) is 11.4 Å². The Hall–Kier alpha value is -2.24. The van der Waals surface area contributed by atoms with Crippen molar-refractivity contribution in [3.05, 3.63) is 24.3 Å². The molecule has 1 aliphatic rings. The number of carbonyl (C=O) groups is 2. The SMILES string of the molecule is CN(C)C(=O)CCNC(=O)C1CNc2ccccc2N1. The highest BCUT2D eigenvalue weighted by atomic mass is 16.2. The maximum absolute atomic E-state index is 12.0. The zero-order chi connectivity index (χ0) is 14.5. The molecule has 1 aliphatic heterocycles. The van der Waals surface area contributed by atoms with Crippen molar-refractivity contribution in [2.75, 3.05) is 37.8 Å². The van der Waals surface area contributed by atoms with E-state index in [-0.39, 0.29) is 17.9 Å². The maximum Gasteiger partial charge on any atom is 0.244 e. The molecule has 0 fully saturated rings. The second kappa shape index (κ2) is 6.27. The van der Waals surface area contributed by atoms with Gasteiger partial charge in [0.1, 0.15) is 6.04 Å². The topological polar surface area (TPSA) is 73.5 Å². The molecule has 1 aromatic rings. The lowest BCUT2D eigenvalue weighted by molar-refractivity contribution is -0.128. The summed E-state index contributed by atoms with van der Waals surface area (Å²) in [7, 11) is 3.40. The largest absolute Gasteiger partial charge is 0.381 e. The summed E-state index contributed by atoms with van der Waals surface area (Å²) < 4.78 is 0. The molecule has 108 valence electrons. The molecule has 2 rings (SSSR count). The molecule has 0 radical (unpaired) electrons. The lowest BCUT2D eigenvalue weighted by Crippen LogP contribution is -2.46. The van der Waals surface area contributed by atoms with Gasteiger partial charge in [0.25, 0.3) is 0 Å². The van der Waals surface area contributed by atoms with Crippen LogP contribution in [0.4, 0.5) is 11.4 Å². The molecule has 0 bridgehead atoms. The Morgan fingerprint density at radius 3 is 2.70 bits per heavy atom. The van der Waals surface area contributed by atoms with Crippen LogP contribution in [0.3, 0.4) is 0 Å². The van der Waals surface area contributed by atoms with Gasteiger partial charge in [0.05, 0.1) is 11.4 Å². The Bertz CT molecular complexity index is 502. The Balaban J connectivity index is 1.81. The van der Waals surface area contributed by atoms with Gasteiger partial charge < -0.3 is 20.9 Å². The zero-order valence-corrected chi connectivity index (χ0v) is 11.8. The highest BCUT2D eigenvalue weighted by Gasteiger charge is 2.23. The second-order valence-corrected chi connectivity index (χ2v) is 4.95. The van der Waals surface area contributed by atoms with Gasteiger partial charge >= 0.3 is 0 Å². The summed E-state index contributed by atoms with van der Waals surface area (Å²) in [4.78, 5) is 24.9. The van der Waals surface area contributed by atoms with Gasteiger partial charge in [-0.2, -0.15) is 0 Å². The fraction of sp³-hybridized carbons (Fsp3) is 0.429. The van der Waals surface area contributed by atoms with Gasteiger partial charge in [0.2, 0.25) is 11.8 Å². The number of carbonyl (C=O) groups excluding carboxylic acids is 2. The normalized spacial score (nSPS) is 16.4. The van der Waals surface area contributed by atoms with Gasteiger partial charge in [-0.25, -0.2) is 0 Å². The third-order valence-corrected chi connectivity index (χ3v) is 3.21. The average Bonchev–Trinajstić information content (AvgIpc) is 2.46. The van der Waals surface area contributed by atoms with E-state index in [0.29, 0.717) is 19.5 Å². The lowest BCUT2D eigenvalue weighted by atomic mass is 10.1. The number of nitrogens with one attached hydrogen (secondary N) is 3. The van der Waals surface area contributed by atoms with E-state index in [9.17, 15) is 9.59 Å². The lowest BCUT2D eigenvalue weighted by Gasteiger charge is -2.27. The van der Waals surface area contributed by atoms with E-state index in [1.807, 2.05) is 24.3 Å². The molecule has 3 N–H and O–H groups in total. The number of rotatable bonds is 4. The van der Waals surface area contributed by atoms with Gasteiger partial charge in [0.15, 0.2) is 0 Å². The predicted octanol–water partition coefficient (Wildman–Crippen LogP) is 0.487. The van der Waals surface area contributed by atoms with Crippen LogP contribution >= 0.6 is 0 Å². The van der Waals surface area contributed by atoms with Crippen LogP contribution in [0.25, 0.3) is 0 Å². The van der Waals surface area contributed by atoms with Gasteiger partial charge in [-0.15, -0.1) is 0 Å². The number of fused-ring (bicyclic) bond motifs is 1. The molecule has 1 aromatic carbocycles. The highest BCUT2D eigenvalue weighted by Crippen LogP contribution is 2.24. The fourth-order valence-electron chi connectivity index (χ4n) is 2.01. The molecule has 0 aromatic heterocycles. The Labute approximate surface area is 118 Å². The van der Waals surface area contributed by atoms with Crippen molar-refractivity contribution in [2.45, 2.75) is 12.5 Å². The van der Waals surface area contributed by atoms with Crippen molar-refractivity contribution in [2.24, 2.45) is 0 Å². The van der Waals surface area contributed by atoms with Crippen molar-refractivity contribution in [1.82, 2.24) is 10.2 Å². The molecular weight excluding hydrogens is 256 g/mol. The summed E-state index contributed by atoms with van der Waals surface area (Å²) >= 11 is 0. The summed E-state index contributed by atoms with van der Waals surface area (Å²) in [6.07, 6.45) is 0.315. The smallest absolute Gasteiger partial charge is 0.244 e. The van der Waals surface area contributed by atoms with Crippen LogP contribution in [0.15, 0.2) is 24.3 Å². The van der Waals surface area contributed by atoms with Crippen molar-refractivity contribution >= 4 is 23.2 Å². The summed E-state index contributed by atoms with van der Waals surface area (Å²) in [5, 5.41) is 9.18. The van der Waals surface area contributed by atoms with Crippen LogP contribution in [0.2, 0.25) is 0 Å². The highest BCUT2D eigenvalue weighted by molar-refractivity contribution is 5.89. The summed E-state index contributed by atoms with van der Waals surface area (Å²) in [6.45, 7) is 0.889. The number of hydrogen-bond acceptors (Lipinski definition) is 4. The van der Waals surface area contributed by atoms with E-state index in [1.54, 1.807) is 14.1 Å². The van der Waals surface area contributed by atoms with Crippen molar-refractivity contribution in [1.29, 1.82) is 0 Å². The van der Waals surface area contributed by atoms with Crippen LogP contribution in [0, 0.1) is 0 Å². The van der Waals surface area contributed by atoms with E-state index in [2.05, 4.69) is 16.0 Å². The Kier molecular flexibility index (Phi) is 4.45. The number of benzene rings is 1. The minimum atomic E-state index is -0.320. The first kappa shape index (κ1) is 14.2. The van der Waals surface area contributed by atoms with Gasteiger partial charge in [-0.1, -0.05) is 12.1 Å². The third kappa shape index (κ3) is 3.40. The minimum Gasteiger partial charge on any atom is -0.381 e. The van der Waals surface area contributed by atoms with Crippen LogP contribution in [0.1, 0.15) is 6.42 Å². The van der Waals surface area contributed by atoms with Gasteiger partial charge in [0, 0.05) is 33.6 Å². The first-order valence-electron chi connectivity index (χ1n) is 6.65. The molecule has 1 atom stereocenters. The number of amides is 2. The maximum atomic E-state index is 12.0. The Morgan fingerprint density at radius 1 is 1.30 bits per heavy atom. The molecule has 20 heavy (non-hydrogen) atoms. The van der Waals surface area contributed by atoms with Gasteiger partial charge in [-0.3, -0.25) is 9.59 Å². The van der Waals surface area contributed by atoms with Gasteiger partial charge in [-0.05, 0) is 12.1 Å². The average molecular weight is 276 g/mol. The Morgan fingerprint density at radius 2 is 2.00 bits per heavy atom. The molecule has 6 nitrogen and oxygen atoms in total. The fourth-order valence-corrected chi connectivity index (χ4v) is 2.01. The van der Waals surface area contributed by atoms with Crippen LogP contribution in [0.5, 0.6) is 0 Å². The molecule has 6 heteroatoms. The second-order valence-electron chi connectivity index (χ2n) is 4.95. The van der Waals surface area contributed by atoms with Crippen molar-refractivity contribution < 1.29 is 9.59 Å². The molecule has 1 unspecified atom stereocenters. The standard InChI is InChI=1S/C14H20N4O2/c1-18(2)13(19)7-8-15-14(20)12-9-16-10-5-3-4-6-11(10)17-12/h3-6,12,16-17H,7-9H2,1-2H3,(H,15,20). The molecular formula is C14H20N4O2. The van der Waals surface area contributed by atoms with E-state index in [4.69, 9.17) is 0 Å². The van der Waals surface area contributed by atoms with Crippen LogP contribution in [-0.2, 0) is 9.59 Å². The van der Waals surface area contributed by atoms with E-state index in [1.165, 1.54) is 4.90 Å². The summed E-state index contributed by atoms with van der Waals surface area (Å²) in [5.41, 5.74) is 1.92. The number of hydrogen-bond donors (Lipinski definition) is 3. The first-order chi connectivity index (χ1) is 9.58. The monoisotopic (exact) mass is 276 g/mol. The summed E-state index contributed by atoms with van der Waals surface area (Å²) in [6, 6.07) is 7.44. The molecule has 0 spiro atoms.